The van der Waals surface area contributed by atoms with Crippen molar-refractivity contribution in [2.45, 2.75) is 51.0 Å². The van der Waals surface area contributed by atoms with Crippen LogP contribution in [0.1, 0.15) is 72.2 Å². The molecular formula is C22H26N4O3. The molecule has 1 aliphatic carbocycles. The lowest BCUT2D eigenvalue weighted by atomic mass is 10.1. The molecule has 1 amide bonds. The van der Waals surface area contributed by atoms with E-state index in [1.807, 2.05) is 0 Å². The first-order valence-electron chi connectivity index (χ1n) is 10.5. The molecule has 0 spiro atoms. The molecule has 152 valence electrons. The average Bonchev–Trinajstić information content (AvgIpc) is 3.52. The van der Waals surface area contributed by atoms with Crippen molar-refractivity contribution in [3.63, 3.8) is 0 Å². The predicted molar refractivity (Wildman–Crippen MR) is 105 cm³/mol. The highest BCUT2D eigenvalue weighted by Crippen LogP contribution is 2.32. The number of likely N-dealkylation sites (tertiary alicyclic amines) is 1. The van der Waals surface area contributed by atoms with Gasteiger partial charge in [-0.25, -0.2) is 0 Å². The number of amides is 1. The van der Waals surface area contributed by atoms with Crippen molar-refractivity contribution < 1.29 is 14.1 Å². The summed E-state index contributed by atoms with van der Waals surface area (Å²) in [6.45, 7) is 2.07. The SMILES string of the molecule is N#Cc1ccc(C(=O)N2CCCC2c2nc(CCOCC3CCCC3)no2)cc1. The van der Waals surface area contributed by atoms with Crippen LogP contribution in [0, 0.1) is 17.2 Å². The summed E-state index contributed by atoms with van der Waals surface area (Å²) in [5, 5.41) is 13.0. The van der Waals surface area contributed by atoms with E-state index in [9.17, 15) is 4.79 Å². The van der Waals surface area contributed by atoms with Crippen LogP contribution in [-0.4, -0.2) is 40.7 Å². The van der Waals surface area contributed by atoms with Gasteiger partial charge in [0.1, 0.15) is 6.04 Å². The number of carbonyl (C=O) groups is 1. The standard InChI is InChI=1S/C22H26N4O3/c23-14-16-7-9-18(10-8-16)22(27)26-12-3-6-19(26)21-24-20(25-29-21)11-13-28-15-17-4-1-2-5-17/h7-10,17,19H,1-6,11-13,15H2. The summed E-state index contributed by atoms with van der Waals surface area (Å²) in [5.74, 6) is 1.76. The third-order valence-electron chi connectivity index (χ3n) is 5.84. The predicted octanol–water partition coefficient (Wildman–Crippen LogP) is 3.67. The third-order valence-corrected chi connectivity index (χ3v) is 5.84. The van der Waals surface area contributed by atoms with E-state index < -0.39 is 0 Å². The minimum atomic E-state index is -0.196. The number of hydrogen-bond acceptors (Lipinski definition) is 6. The first-order valence-corrected chi connectivity index (χ1v) is 10.5. The van der Waals surface area contributed by atoms with Crippen molar-refractivity contribution in [1.29, 1.82) is 5.26 Å². The molecule has 2 fully saturated rings. The molecule has 1 saturated carbocycles. The Labute approximate surface area is 170 Å². The molecule has 1 aromatic heterocycles. The molecule has 1 saturated heterocycles. The number of benzene rings is 1. The van der Waals surface area contributed by atoms with Gasteiger partial charge in [0.15, 0.2) is 5.82 Å². The van der Waals surface area contributed by atoms with Gasteiger partial charge in [0.25, 0.3) is 5.91 Å². The van der Waals surface area contributed by atoms with Gasteiger partial charge >= 0.3 is 0 Å². The monoisotopic (exact) mass is 394 g/mol. The van der Waals surface area contributed by atoms with Crippen LogP contribution < -0.4 is 0 Å². The molecule has 1 aliphatic heterocycles. The summed E-state index contributed by atoms with van der Waals surface area (Å²) >= 11 is 0. The minimum absolute atomic E-state index is 0.0726. The number of nitriles is 1. The largest absolute Gasteiger partial charge is 0.381 e. The summed E-state index contributed by atoms with van der Waals surface area (Å²) in [4.78, 5) is 19.2. The second-order valence-electron chi connectivity index (χ2n) is 7.87. The van der Waals surface area contributed by atoms with E-state index in [2.05, 4.69) is 16.2 Å². The molecule has 7 nitrogen and oxygen atoms in total. The maximum atomic E-state index is 12.9. The van der Waals surface area contributed by atoms with Crippen LogP contribution in [0.4, 0.5) is 0 Å². The first kappa shape index (κ1) is 19.6. The fourth-order valence-corrected chi connectivity index (χ4v) is 4.21. The number of rotatable bonds is 7. The Bertz CT molecular complexity index is 865. The van der Waals surface area contributed by atoms with E-state index in [1.54, 1.807) is 29.2 Å². The van der Waals surface area contributed by atoms with E-state index in [-0.39, 0.29) is 11.9 Å². The average molecular weight is 394 g/mol. The van der Waals surface area contributed by atoms with Crippen molar-refractivity contribution >= 4 is 5.91 Å². The van der Waals surface area contributed by atoms with Crippen LogP contribution in [-0.2, 0) is 11.2 Å². The molecule has 7 heteroatoms. The molecule has 2 aromatic rings. The zero-order valence-corrected chi connectivity index (χ0v) is 16.5. The molecule has 1 atom stereocenters. The maximum absolute atomic E-state index is 12.9. The van der Waals surface area contributed by atoms with Crippen molar-refractivity contribution in [2.24, 2.45) is 5.92 Å². The molecule has 29 heavy (non-hydrogen) atoms. The normalized spacial score (nSPS) is 19.6. The second-order valence-corrected chi connectivity index (χ2v) is 7.87. The van der Waals surface area contributed by atoms with Crippen LogP contribution in [0.5, 0.6) is 0 Å². The summed E-state index contributed by atoms with van der Waals surface area (Å²) in [6.07, 6.45) is 7.51. The van der Waals surface area contributed by atoms with Crippen LogP contribution in [0.15, 0.2) is 28.8 Å². The highest BCUT2D eigenvalue weighted by Gasteiger charge is 2.34. The Balaban J connectivity index is 1.33. The van der Waals surface area contributed by atoms with Gasteiger partial charge in [0, 0.05) is 25.1 Å². The number of nitrogens with zero attached hydrogens (tertiary/aromatic N) is 4. The molecule has 2 heterocycles. The number of carbonyl (C=O) groups excluding carboxylic acids is 1. The molecule has 2 aliphatic rings. The highest BCUT2D eigenvalue weighted by atomic mass is 16.5. The topological polar surface area (TPSA) is 92.2 Å². The zero-order chi connectivity index (χ0) is 20.1. The summed E-state index contributed by atoms with van der Waals surface area (Å²) in [5.41, 5.74) is 1.10. The molecule has 1 aromatic carbocycles. The van der Waals surface area contributed by atoms with E-state index in [0.717, 1.165) is 19.4 Å². The van der Waals surface area contributed by atoms with Crippen LogP contribution in [0.2, 0.25) is 0 Å². The van der Waals surface area contributed by atoms with Crippen molar-refractivity contribution in [3.8, 4) is 6.07 Å². The first-order chi connectivity index (χ1) is 14.2. The Kier molecular flexibility index (Phi) is 6.20. The number of aromatic nitrogens is 2. The van der Waals surface area contributed by atoms with E-state index in [4.69, 9.17) is 14.5 Å². The van der Waals surface area contributed by atoms with Crippen molar-refractivity contribution in [1.82, 2.24) is 15.0 Å². The van der Waals surface area contributed by atoms with Gasteiger partial charge in [-0.3, -0.25) is 4.79 Å². The van der Waals surface area contributed by atoms with Gasteiger partial charge in [-0.2, -0.15) is 10.2 Å². The van der Waals surface area contributed by atoms with Gasteiger partial charge in [-0.05, 0) is 55.9 Å². The third kappa shape index (κ3) is 4.65. The second kappa shape index (κ2) is 9.19. The summed E-state index contributed by atoms with van der Waals surface area (Å²) in [6, 6.07) is 8.58. The quantitative estimate of drug-likeness (QED) is 0.665. The van der Waals surface area contributed by atoms with Gasteiger partial charge in [0.2, 0.25) is 5.89 Å². The molecule has 4 rings (SSSR count). The Morgan fingerprint density at radius 1 is 1.21 bits per heavy atom. The maximum Gasteiger partial charge on any atom is 0.254 e. The smallest absolute Gasteiger partial charge is 0.254 e. The molecular weight excluding hydrogens is 368 g/mol. The van der Waals surface area contributed by atoms with Crippen molar-refractivity contribution in [3.05, 3.63) is 47.1 Å². The lowest BCUT2D eigenvalue weighted by molar-refractivity contribution is 0.0710. The highest BCUT2D eigenvalue weighted by molar-refractivity contribution is 5.94. The van der Waals surface area contributed by atoms with Gasteiger partial charge < -0.3 is 14.2 Å². The number of ether oxygens (including phenoxy) is 1. The Hall–Kier alpha value is -2.72. The minimum Gasteiger partial charge on any atom is -0.381 e. The van der Waals surface area contributed by atoms with E-state index in [0.29, 0.717) is 48.3 Å². The lowest BCUT2D eigenvalue weighted by Crippen LogP contribution is -2.30. The fraction of sp³-hybridized carbons (Fsp3) is 0.545. The van der Waals surface area contributed by atoms with Crippen molar-refractivity contribution in [2.75, 3.05) is 19.8 Å². The molecule has 1 unspecified atom stereocenters. The Morgan fingerprint density at radius 3 is 2.76 bits per heavy atom. The Morgan fingerprint density at radius 2 is 2.00 bits per heavy atom. The van der Waals surface area contributed by atoms with Crippen LogP contribution >= 0.6 is 0 Å². The molecule has 0 N–H and O–H groups in total. The molecule has 0 radical (unpaired) electrons. The van der Waals surface area contributed by atoms with Gasteiger partial charge in [0.05, 0.1) is 18.2 Å². The summed E-state index contributed by atoms with van der Waals surface area (Å²) in [7, 11) is 0. The van der Waals surface area contributed by atoms with Gasteiger partial charge in [-0.1, -0.05) is 18.0 Å². The van der Waals surface area contributed by atoms with E-state index >= 15 is 0 Å². The molecule has 0 bridgehead atoms. The number of hydrogen-bond donors (Lipinski definition) is 0. The van der Waals surface area contributed by atoms with Crippen LogP contribution in [0.25, 0.3) is 0 Å². The van der Waals surface area contributed by atoms with Crippen LogP contribution in [0.3, 0.4) is 0 Å². The fourth-order valence-electron chi connectivity index (χ4n) is 4.21. The summed E-state index contributed by atoms with van der Waals surface area (Å²) < 4.78 is 11.3. The lowest BCUT2D eigenvalue weighted by Gasteiger charge is -2.21. The van der Waals surface area contributed by atoms with E-state index in [1.165, 1.54) is 25.7 Å². The van der Waals surface area contributed by atoms with Gasteiger partial charge in [-0.15, -0.1) is 0 Å². The zero-order valence-electron chi connectivity index (χ0n) is 16.5.